The number of aliphatic hydroxyl groups is 11. The summed E-state index contributed by atoms with van der Waals surface area (Å²) in [5.74, 6) is -0.234. The van der Waals surface area contributed by atoms with Crippen molar-refractivity contribution < 1.29 is 89.4 Å². The van der Waals surface area contributed by atoms with Gasteiger partial charge in [0, 0.05) is 6.42 Å². The number of ether oxygens (including phenoxy) is 6. The van der Waals surface area contributed by atoms with Gasteiger partial charge in [0.15, 0.2) is 18.9 Å². The number of allylic oxidation sites excluding steroid dienone is 8. The topological polar surface area (TPSA) is 307 Å². The normalized spacial score (nSPS) is 25.2. The molecule has 12 N–H and O–H groups in total. The van der Waals surface area contributed by atoms with E-state index in [1.807, 2.05) is 0 Å². The van der Waals surface area contributed by atoms with Crippen molar-refractivity contribution in [3.63, 3.8) is 0 Å². The summed E-state index contributed by atoms with van der Waals surface area (Å²) < 4.78 is 34.6. The van der Waals surface area contributed by atoms with Gasteiger partial charge in [-0.15, -0.1) is 0 Å². The zero-order valence-corrected chi connectivity index (χ0v) is 70.5. The third kappa shape index (κ3) is 50.3. The van der Waals surface area contributed by atoms with Gasteiger partial charge in [-0.3, -0.25) is 4.79 Å². The largest absolute Gasteiger partial charge is 0.394 e. The molecule has 0 saturated carbocycles. The Labute approximate surface area is 675 Å². The maximum atomic E-state index is 13.6. The van der Waals surface area contributed by atoms with E-state index in [9.17, 15) is 61.0 Å². The fraction of sp³-hybridized carbons (Fsp3) is 0.902. The summed E-state index contributed by atoms with van der Waals surface area (Å²) in [6.45, 7) is 1.76. The highest BCUT2D eigenvalue weighted by Crippen LogP contribution is 2.34. The van der Waals surface area contributed by atoms with Crippen LogP contribution in [0.4, 0.5) is 0 Å². The van der Waals surface area contributed by atoms with Crippen molar-refractivity contribution in [1.29, 1.82) is 0 Å². The highest BCUT2D eigenvalue weighted by atomic mass is 16.8. The van der Waals surface area contributed by atoms with Crippen molar-refractivity contribution >= 4 is 5.91 Å². The Morgan fingerprint density at radius 3 is 0.973 bits per heavy atom. The van der Waals surface area contributed by atoms with Gasteiger partial charge in [-0.25, -0.2) is 0 Å². The van der Waals surface area contributed by atoms with Crippen molar-refractivity contribution in [3.8, 4) is 0 Å². The minimum absolute atomic E-state index is 0.234. The van der Waals surface area contributed by atoms with Crippen molar-refractivity contribution in [1.82, 2.24) is 5.32 Å². The summed E-state index contributed by atoms with van der Waals surface area (Å²) in [6.07, 6.45) is 66.6. The van der Waals surface area contributed by atoms with E-state index in [0.717, 1.165) is 70.6 Å². The predicted molar refractivity (Wildman–Crippen MR) is 448 cm³/mol. The number of nitrogens with one attached hydrogen (secondary N) is 1. The number of carbonyl (C=O) groups is 1. The van der Waals surface area contributed by atoms with Gasteiger partial charge < -0.3 is 89.9 Å². The lowest BCUT2D eigenvalue weighted by atomic mass is 9.96. The Morgan fingerprint density at radius 1 is 0.333 bits per heavy atom. The summed E-state index contributed by atoms with van der Waals surface area (Å²) in [5.41, 5.74) is 0. The first-order chi connectivity index (χ1) is 54.3. The lowest BCUT2D eigenvalue weighted by Crippen LogP contribution is -2.66. The van der Waals surface area contributed by atoms with E-state index >= 15 is 0 Å². The molecule has 1 amide bonds. The van der Waals surface area contributed by atoms with E-state index in [1.165, 1.54) is 295 Å². The Kier molecular flexibility index (Phi) is 66.6. The number of amides is 1. The molecule has 111 heavy (non-hydrogen) atoms. The highest BCUT2D eigenvalue weighted by molar-refractivity contribution is 5.76. The van der Waals surface area contributed by atoms with Crippen LogP contribution in [0.5, 0.6) is 0 Å². The molecule has 0 aliphatic carbocycles. The third-order valence-electron chi connectivity index (χ3n) is 23.2. The molecule has 652 valence electrons. The first-order valence-electron chi connectivity index (χ1n) is 46.4. The molecule has 3 fully saturated rings. The van der Waals surface area contributed by atoms with Gasteiger partial charge in [0.1, 0.15) is 73.2 Å². The van der Waals surface area contributed by atoms with E-state index in [1.54, 1.807) is 0 Å². The monoisotopic (exact) mass is 1580 g/mol. The zero-order valence-electron chi connectivity index (χ0n) is 70.5. The average Bonchev–Trinajstić information content (AvgIpc) is 0.780. The van der Waals surface area contributed by atoms with Gasteiger partial charge in [-0.2, -0.15) is 0 Å². The summed E-state index contributed by atoms with van der Waals surface area (Å²) in [5, 5.41) is 121. The van der Waals surface area contributed by atoms with Crippen LogP contribution in [0.1, 0.15) is 399 Å². The predicted octanol–water partition coefficient (Wildman–Crippen LogP) is 18.0. The van der Waals surface area contributed by atoms with E-state index < -0.39 is 124 Å². The summed E-state index contributed by atoms with van der Waals surface area (Å²) >= 11 is 0. The first-order valence-corrected chi connectivity index (χ1v) is 46.4. The second-order valence-corrected chi connectivity index (χ2v) is 33.1. The summed E-state index contributed by atoms with van der Waals surface area (Å²) in [4.78, 5) is 13.6. The summed E-state index contributed by atoms with van der Waals surface area (Å²) in [7, 11) is 0. The first kappa shape index (κ1) is 103. The molecule has 19 nitrogen and oxygen atoms in total. The number of rotatable bonds is 76. The molecule has 3 rings (SSSR count). The van der Waals surface area contributed by atoms with Crippen LogP contribution < -0.4 is 5.32 Å². The van der Waals surface area contributed by atoms with E-state index in [-0.39, 0.29) is 18.9 Å². The van der Waals surface area contributed by atoms with Crippen LogP contribution in [0.3, 0.4) is 0 Å². The Morgan fingerprint density at radius 2 is 0.622 bits per heavy atom. The molecular formula is C92H171NO18. The molecule has 3 aliphatic rings. The van der Waals surface area contributed by atoms with Crippen LogP contribution in [-0.4, -0.2) is 193 Å². The molecule has 3 saturated heterocycles. The van der Waals surface area contributed by atoms with E-state index in [2.05, 4.69) is 67.8 Å². The quantitative estimate of drug-likeness (QED) is 0.0199. The molecule has 17 atom stereocenters. The number of hydrogen-bond donors (Lipinski definition) is 12. The van der Waals surface area contributed by atoms with Gasteiger partial charge >= 0.3 is 0 Å². The van der Waals surface area contributed by atoms with Crippen LogP contribution in [-0.2, 0) is 33.2 Å². The number of carbonyl (C=O) groups excluding carboxylic acids is 1. The van der Waals surface area contributed by atoms with Crippen LogP contribution in [0, 0.1) is 0 Å². The molecule has 0 aromatic carbocycles. The standard InChI is InChI=1S/C92H171NO18/c1-3-5-7-9-11-13-15-17-19-21-23-25-27-29-31-33-35-36-37-38-40-42-44-46-48-50-52-54-56-58-60-62-64-66-68-70-80(98)93-75(76(97)69-67-65-63-61-59-57-55-53-51-49-47-45-43-41-39-34-32-30-28-26-24-22-20-18-16-14-12-10-8-6-4-2)74-106-90-86(104)83(101)88(78(72-95)108-90)111-92-87(105)84(102)89(79(73-96)109-92)110-91-85(103)82(100)81(99)77(71-94)107-91/h5,7,11,13,17,19,23,25,75-79,81-92,94-97,99-105H,3-4,6,8-10,12,14-16,18,20-22,24,26-74H2,1-2H3,(H,93,98)/b7-5-,13-11-,19-17-,25-23-. The second-order valence-electron chi connectivity index (χ2n) is 33.1. The number of unbranched alkanes of at least 4 members (excludes halogenated alkanes) is 52. The van der Waals surface area contributed by atoms with Crippen LogP contribution >= 0.6 is 0 Å². The molecule has 3 heterocycles. The zero-order chi connectivity index (χ0) is 80.3. The maximum absolute atomic E-state index is 13.6. The van der Waals surface area contributed by atoms with Crippen molar-refractivity contribution in [3.05, 3.63) is 48.6 Å². The minimum atomic E-state index is -1.97. The van der Waals surface area contributed by atoms with Crippen molar-refractivity contribution in [2.75, 3.05) is 26.4 Å². The van der Waals surface area contributed by atoms with Crippen LogP contribution in [0.2, 0.25) is 0 Å². The lowest BCUT2D eigenvalue weighted by molar-refractivity contribution is -0.379. The van der Waals surface area contributed by atoms with Crippen LogP contribution in [0.15, 0.2) is 48.6 Å². The summed E-state index contributed by atoms with van der Waals surface area (Å²) in [6, 6.07) is -0.889. The molecule has 0 bridgehead atoms. The molecule has 0 aromatic heterocycles. The Bertz CT molecular complexity index is 2190. The fourth-order valence-electron chi connectivity index (χ4n) is 15.8. The van der Waals surface area contributed by atoms with Crippen molar-refractivity contribution in [2.45, 2.75) is 503 Å². The molecule has 19 heteroatoms. The molecule has 0 spiro atoms. The van der Waals surface area contributed by atoms with E-state index in [4.69, 9.17) is 28.4 Å². The average molecular weight is 1580 g/mol. The van der Waals surface area contributed by atoms with Crippen LogP contribution in [0.25, 0.3) is 0 Å². The smallest absolute Gasteiger partial charge is 0.220 e. The van der Waals surface area contributed by atoms with Gasteiger partial charge in [0.05, 0.1) is 38.6 Å². The second kappa shape index (κ2) is 71.8. The SMILES string of the molecule is CC/C=C\C/C=C\C/C=C\C/C=C\CCCCCCCCCCCCCCCCCCCCCCCCC(=O)NC(COC1OC(CO)C(OC2OC(CO)C(OC3OC(CO)C(O)C(O)C3O)C(O)C2O)C(O)C1O)C(O)CCCCCCCCCCCCCCCCCCCCCCCCCCCCCCCCC. The maximum Gasteiger partial charge on any atom is 0.220 e. The minimum Gasteiger partial charge on any atom is -0.394 e. The van der Waals surface area contributed by atoms with Gasteiger partial charge in [0.25, 0.3) is 0 Å². The fourth-order valence-corrected chi connectivity index (χ4v) is 15.8. The van der Waals surface area contributed by atoms with E-state index in [0.29, 0.717) is 12.8 Å². The third-order valence-corrected chi connectivity index (χ3v) is 23.2. The molecule has 17 unspecified atom stereocenters. The molecule has 0 radical (unpaired) electrons. The number of aliphatic hydroxyl groups excluding tert-OH is 11. The Hall–Kier alpha value is -2.25. The Balaban J connectivity index is 1.30. The lowest BCUT2D eigenvalue weighted by Gasteiger charge is -2.48. The highest BCUT2D eigenvalue weighted by Gasteiger charge is 2.54. The van der Waals surface area contributed by atoms with Gasteiger partial charge in [-0.1, -0.05) is 390 Å². The molecule has 3 aliphatic heterocycles. The van der Waals surface area contributed by atoms with Crippen molar-refractivity contribution in [2.24, 2.45) is 0 Å². The molecular weight excluding hydrogens is 1410 g/mol. The van der Waals surface area contributed by atoms with Gasteiger partial charge in [0.2, 0.25) is 5.91 Å². The van der Waals surface area contributed by atoms with Gasteiger partial charge in [-0.05, 0) is 51.4 Å². The number of hydrogen-bond acceptors (Lipinski definition) is 18. The molecule has 0 aromatic rings.